The Bertz CT molecular complexity index is 547. The van der Waals surface area contributed by atoms with Crippen LogP contribution in [0.4, 0.5) is 0 Å². The first kappa shape index (κ1) is 19.7. The maximum absolute atomic E-state index is 2.19. The third-order valence-corrected chi connectivity index (χ3v) is 3.40. The lowest BCUT2D eigenvalue weighted by Crippen LogP contribution is -1.78. The molecular weight excluding hydrogens is 288 g/mol. The van der Waals surface area contributed by atoms with Crippen molar-refractivity contribution in [1.29, 1.82) is 0 Å². The van der Waals surface area contributed by atoms with Crippen molar-refractivity contribution in [1.82, 2.24) is 0 Å². The van der Waals surface area contributed by atoms with Crippen molar-refractivity contribution in [3.05, 3.63) is 106 Å². The number of rotatable bonds is 0. The van der Waals surface area contributed by atoms with Crippen molar-refractivity contribution in [3.63, 3.8) is 0 Å². The summed E-state index contributed by atoms with van der Waals surface area (Å²) in [4.78, 5) is 0. The van der Waals surface area contributed by atoms with Gasteiger partial charge in [0.2, 0.25) is 0 Å². The highest BCUT2D eigenvalue weighted by molar-refractivity contribution is 5.27. The molecule has 0 saturated heterocycles. The summed E-state index contributed by atoms with van der Waals surface area (Å²) in [7, 11) is 0. The van der Waals surface area contributed by atoms with E-state index in [0.717, 1.165) is 0 Å². The lowest BCUT2D eigenvalue weighted by Gasteiger charge is -1.96. The van der Waals surface area contributed by atoms with E-state index in [2.05, 4.69) is 77.9 Å². The monoisotopic (exact) mass is 318 g/mol. The fraction of sp³-hybridized carbons (Fsp3) is 0.250. The molecule has 3 rings (SSSR count). The van der Waals surface area contributed by atoms with Crippen molar-refractivity contribution in [2.75, 3.05) is 0 Å². The van der Waals surface area contributed by atoms with Gasteiger partial charge in [-0.3, -0.25) is 0 Å². The van der Waals surface area contributed by atoms with Gasteiger partial charge in [-0.25, -0.2) is 0 Å². The third kappa shape index (κ3) is 8.95. The number of aryl methyl sites for hydroxylation is 6. The van der Waals surface area contributed by atoms with E-state index in [9.17, 15) is 0 Å². The second-order valence-corrected chi connectivity index (χ2v) is 6.48. The third-order valence-electron chi connectivity index (χ3n) is 3.40. The molecule has 126 valence electrons. The summed E-state index contributed by atoms with van der Waals surface area (Å²) in [6.07, 6.45) is 0. The second-order valence-electron chi connectivity index (χ2n) is 6.48. The molecule has 0 spiro atoms. The number of hydrogen-bond acceptors (Lipinski definition) is 0. The molecule has 0 aliphatic heterocycles. The van der Waals surface area contributed by atoms with Crippen LogP contribution >= 0.6 is 0 Å². The molecule has 0 heterocycles. The zero-order valence-electron chi connectivity index (χ0n) is 15.9. The summed E-state index contributed by atoms with van der Waals surface area (Å²) in [6, 6.07) is 25.1. The average molecular weight is 319 g/mol. The molecule has 0 heteroatoms. The Hall–Kier alpha value is -2.34. The van der Waals surface area contributed by atoms with Crippen LogP contribution in [0.1, 0.15) is 33.4 Å². The Morgan fingerprint density at radius 1 is 0.292 bits per heavy atom. The van der Waals surface area contributed by atoms with E-state index >= 15 is 0 Å². The highest BCUT2D eigenvalue weighted by Gasteiger charge is 1.88. The molecule has 0 aliphatic carbocycles. The van der Waals surface area contributed by atoms with Gasteiger partial charge < -0.3 is 0 Å². The number of hydrogen-bond donors (Lipinski definition) is 0. The first-order valence-corrected chi connectivity index (χ1v) is 8.46. The van der Waals surface area contributed by atoms with E-state index in [0.29, 0.717) is 0 Å². The Balaban J connectivity index is 0.000000184. The van der Waals surface area contributed by atoms with Gasteiger partial charge >= 0.3 is 0 Å². The van der Waals surface area contributed by atoms with Gasteiger partial charge in [-0.2, -0.15) is 0 Å². The van der Waals surface area contributed by atoms with Gasteiger partial charge in [-0.1, -0.05) is 106 Å². The minimum atomic E-state index is 1.35. The molecule has 0 aliphatic rings. The lowest BCUT2D eigenvalue weighted by molar-refractivity contribution is 1.32. The molecule has 0 N–H and O–H groups in total. The van der Waals surface area contributed by atoms with Crippen molar-refractivity contribution in [3.8, 4) is 0 Å². The van der Waals surface area contributed by atoms with E-state index in [1.54, 1.807) is 0 Å². The molecule has 0 amide bonds. The summed E-state index contributed by atoms with van der Waals surface area (Å²) >= 11 is 0. The summed E-state index contributed by atoms with van der Waals surface area (Å²) in [6.45, 7) is 12.8. The van der Waals surface area contributed by atoms with E-state index in [4.69, 9.17) is 0 Å². The van der Waals surface area contributed by atoms with Gasteiger partial charge in [0.15, 0.2) is 0 Å². The zero-order chi connectivity index (χ0) is 17.9. The quantitative estimate of drug-likeness (QED) is 0.422. The van der Waals surface area contributed by atoms with Crippen molar-refractivity contribution in [2.45, 2.75) is 41.5 Å². The Morgan fingerprint density at radius 2 is 0.417 bits per heavy atom. The van der Waals surface area contributed by atoms with Crippen molar-refractivity contribution in [2.24, 2.45) is 0 Å². The van der Waals surface area contributed by atoms with E-state index in [1.165, 1.54) is 33.4 Å². The highest BCUT2D eigenvalue weighted by Crippen LogP contribution is 2.07. The summed E-state index contributed by atoms with van der Waals surface area (Å²) in [5.74, 6) is 0. The maximum atomic E-state index is 2.19. The van der Waals surface area contributed by atoms with Crippen LogP contribution in [0.3, 0.4) is 0 Å². The van der Waals surface area contributed by atoms with Crippen molar-refractivity contribution >= 4 is 0 Å². The normalized spacial score (nSPS) is 9.25. The van der Waals surface area contributed by atoms with E-state index < -0.39 is 0 Å². The van der Waals surface area contributed by atoms with Crippen LogP contribution in [-0.4, -0.2) is 0 Å². The Kier molecular flexibility index (Phi) is 8.57. The molecule has 0 bridgehead atoms. The summed E-state index contributed by atoms with van der Waals surface area (Å²) in [5, 5.41) is 0. The van der Waals surface area contributed by atoms with Crippen LogP contribution in [0.15, 0.2) is 72.8 Å². The SMILES string of the molecule is Cc1cc(C)cc(C)c1.Cc1cc(C)cc(C)c1.c1ccccc1. The van der Waals surface area contributed by atoms with Crippen LogP contribution in [0, 0.1) is 41.5 Å². The summed E-state index contributed by atoms with van der Waals surface area (Å²) in [5.41, 5.74) is 8.13. The number of benzene rings is 3. The maximum Gasteiger partial charge on any atom is -0.0398 e. The predicted octanol–water partition coefficient (Wildman–Crippen LogP) is 6.91. The standard InChI is InChI=1S/2C9H12.C6H6/c2*1-7-4-8(2)6-9(3)5-7;1-2-4-6-5-3-1/h2*4-6H,1-3H3;1-6H. The van der Waals surface area contributed by atoms with Gasteiger partial charge in [-0.15, -0.1) is 0 Å². The van der Waals surface area contributed by atoms with Gasteiger partial charge in [0.1, 0.15) is 0 Å². The molecule has 0 unspecified atom stereocenters. The first-order valence-electron chi connectivity index (χ1n) is 8.46. The average Bonchev–Trinajstić information content (AvgIpc) is 2.47. The van der Waals surface area contributed by atoms with Crippen LogP contribution in [0.5, 0.6) is 0 Å². The first-order chi connectivity index (χ1) is 11.4. The molecule has 3 aromatic rings. The minimum Gasteiger partial charge on any atom is -0.0623 e. The predicted molar refractivity (Wildman–Crippen MR) is 108 cm³/mol. The fourth-order valence-corrected chi connectivity index (χ4v) is 2.79. The van der Waals surface area contributed by atoms with Crippen LogP contribution in [0.2, 0.25) is 0 Å². The molecule has 24 heavy (non-hydrogen) atoms. The van der Waals surface area contributed by atoms with Gasteiger partial charge in [-0.05, 0) is 41.5 Å². The van der Waals surface area contributed by atoms with Crippen LogP contribution < -0.4 is 0 Å². The summed E-state index contributed by atoms with van der Waals surface area (Å²) < 4.78 is 0. The minimum absolute atomic E-state index is 1.35. The molecule has 3 aromatic carbocycles. The highest BCUT2D eigenvalue weighted by atomic mass is 13.9. The largest absolute Gasteiger partial charge is 0.0623 e. The molecule has 0 radical (unpaired) electrons. The Labute approximate surface area is 148 Å². The van der Waals surface area contributed by atoms with E-state index in [-0.39, 0.29) is 0 Å². The van der Waals surface area contributed by atoms with E-state index in [1.807, 2.05) is 36.4 Å². The molecule has 0 nitrogen and oxygen atoms in total. The fourth-order valence-electron chi connectivity index (χ4n) is 2.79. The molecule has 0 fully saturated rings. The smallest absolute Gasteiger partial charge is 0.0398 e. The van der Waals surface area contributed by atoms with Gasteiger partial charge in [0.25, 0.3) is 0 Å². The Morgan fingerprint density at radius 3 is 0.542 bits per heavy atom. The van der Waals surface area contributed by atoms with Crippen LogP contribution in [0.25, 0.3) is 0 Å². The zero-order valence-corrected chi connectivity index (χ0v) is 15.9. The molecule has 0 aromatic heterocycles. The van der Waals surface area contributed by atoms with Crippen molar-refractivity contribution < 1.29 is 0 Å². The van der Waals surface area contributed by atoms with Gasteiger partial charge in [0.05, 0.1) is 0 Å². The van der Waals surface area contributed by atoms with Gasteiger partial charge in [0, 0.05) is 0 Å². The topological polar surface area (TPSA) is 0 Å². The molecular formula is C24H30. The van der Waals surface area contributed by atoms with Crippen LogP contribution in [-0.2, 0) is 0 Å². The second kappa shape index (κ2) is 10.4. The lowest BCUT2D eigenvalue weighted by atomic mass is 10.1. The molecule has 0 saturated carbocycles. The molecule has 0 atom stereocenters.